The molecule has 4 rings (SSSR count). The molecule has 0 aliphatic carbocycles. The van der Waals surface area contributed by atoms with Crippen LogP contribution in [0.3, 0.4) is 0 Å². The molecule has 13 heteroatoms. The summed E-state index contributed by atoms with van der Waals surface area (Å²) < 4.78 is 39.7. The summed E-state index contributed by atoms with van der Waals surface area (Å²) in [6.45, 7) is 2.47. The van der Waals surface area contributed by atoms with Crippen LogP contribution in [0.1, 0.15) is 41.6 Å². The van der Waals surface area contributed by atoms with Gasteiger partial charge in [-0.2, -0.15) is 13.2 Å². The van der Waals surface area contributed by atoms with Gasteiger partial charge in [-0.1, -0.05) is 11.6 Å². The maximum atomic E-state index is 12.7. The quantitative estimate of drug-likeness (QED) is 0.481. The zero-order valence-electron chi connectivity index (χ0n) is 18.9. The molecule has 3 heterocycles. The van der Waals surface area contributed by atoms with Crippen LogP contribution in [-0.4, -0.2) is 67.9 Å². The number of aryl methyl sites for hydroxylation is 1. The Hall–Kier alpha value is -3.77. The van der Waals surface area contributed by atoms with Crippen molar-refractivity contribution in [1.29, 1.82) is 0 Å². The third-order valence-corrected chi connectivity index (χ3v) is 5.94. The van der Waals surface area contributed by atoms with Gasteiger partial charge in [-0.3, -0.25) is 9.59 Å². The first kappa shape index (κ1) is 24.4. The summed E-state index contributed by atoms with van der Waals surface area (Å²) in [5.74, 6) is -0.227. The zero-order valence-corrected chi connectivity index (χ0v) is 18.9. The highest BCUT2D eigenvalue weighted by Gasteiger charge is 2.32. The van der Waals surface area contributed by atoms with Crippen molar-refractivity contribution < 1.29 is 22.8 Å². The highest BCUT2D eigenvalue weighted by Crippen LogP contribution is 2.28. The Labute approximate surface area is 198 Å². The molecule has 1 saturated heterocycles. The molecule has 0 atom stereocenters. The maximum absolute atomic E-state index is 12.7. The third kappa shape index (κ3) is 5.84. The summed E-state index contributed by atoms with van der Waals surface area (Å²) in [6.07, 6.45) is -0.160. The minimum absolute atomic E-state index is 0.0512. The van der Waals surface area contributed by atoms with E-state index in [1.807, 2.05) is 0 Å². The molecule has 0 spiro atoms. The predicted molar refractivity (Wildman–Crippen MR) is 120 cm³/mol. The second kappa shape index (κ2) is 10.2. The van der Waals surface area contributed by atoms with Gasteiger partial charge < -0.3 is 15.5 Å². The zero-order chi connectivity index (χ0) is 25.0. The van der Waals surface area contributed by atoms with Crippen LogP contribution in [0.25, 0.3) is 11.0 Å². The van der Waals surface area contributed by atoms with Crippen molar-refractivity contribution in [3.63, 3.8) is 0 Å². The monoisotopic (exact) mass is 490 g/mol. The van der Waals surface area contributed by atoms with Crippen molar-refractivity contribution in [1.82, 2.24) is 29.9 Å². The fourth-order valence-corrected chi connectivity index (χ4v) is 3.94. The third-order valence-electron chi connectivity index (χ3n) is 5.94. The second-order valence-electron chi connectivity index (χ2n) is 8.33. The summed E-state index contributed by atoms with van der Waals surface area (Å²) in [6, 6.07) is 5.00. The van der Waals surface area contributed by atoms with Crippen LogP contribution in [0.5, 0.6) is 0 Å². The van der Waals surface area contributed by atoms with E-state index in [0.29, 0.717) is 50.2 Å². The SMILES string of the molecule is NC(=O)c1ccc2nnn(CCCCCC(=O)N3CCN(c4ncc(C(F)(F)F)cn4)CC3)c2c1. The molecule has 1 aromatic carbocycles. The van der Waals surface area contributed by atoms with Crippen LogP contribution in [0, 0.1) is 0 Å². The van der Waals surface area contributed by atoms with Crippen LogP contribution in [-0.2, 0) is 17.5 Å². The van der Waals surface area contributed by atoms with Crippen LogP contribution in [0.2, 0.25) is 0 Å². The van der Waals surface area contributed by atoms with Crippen LogP contribution in [0.15, 0.2) is 30.6 Å². The minimum Gasteiger partial charge on any atom is -0.366 e. The van der Waals surface area contributed by atoms with Crippen LogP contribution < -0.4 is 10.6 Å². The van der Waals surface area contributed by atoms with Gasteiger partial charge in [0.1, 0.15) is 5.52 Å². The lowest BCUT2D eigenvalue weighted by atomic mass is 10.1. The number of anilines is 1. The Morgan fingerprint density at radius 2 is 1.71 bits per heavy atom. The van der Waals surface area contributed by atoms with Gasteiger partial charge >= 0.3 is 6.18 Å². The summed E-state index contributed by atoms with van der Waals surface area (Å²) in [5, 5.41) is 8.21. The van der Waals surface area contributed by atoms with Gasteiger partial charge in [-0.05, 0) is 31.0 Å². The van der Waals surface area contributed by atoms with Crippen molar-refractivity contribution in [2.75, 3.05) is 31.1 Å². The van der Waals surface area contributed by atoms with E-state index in [4.69, 9.17) is 5.73 Å². The van der Waals surface area contributed by atoms with E-state index in [9.17, 15) is 22.8 Å². The molecule has 2 aromatic heterocycles. The van der Waals surface area contributed by atoms with E-state index in [0.717, 1.165) is 37.2 Å². The van der Waals surface area contributed by atoms with E-state index >= 15 is 0 Å². The molecule has 2 N–H and O–H groups in total. The first-order chi connectivity index (χ1) is 16.7. The number of nitrogens with zero attached hydrogens (tertiary/aromatic N) is 7. The Morgan fingerprint density at radius 3 is 2.37 bits per heavy atom. The van der Waals surface area contributed by atoms with Gasteiger partial charge in [0.2, 0.25) is 17.8 Å². The number of fused-ring (bicyclic) bond motifs is 1. The molecule has 3 aromatic rings. The number of carbonyl (C=O) groups is 2. The number of alkyl halides is 3. The van der Waals surface area contributed by atoms with Crippen molar-refractivity contribution in [2.45, 2.75) is 38.4 Å². The molecule has 35 heavy (non-hydrogen) atoms. The molecule has 2 amide bonds. The number of aromatic nitrogens is 5. The smallest absolute Gasteiger partial charge is 0.366 e. The van der Waals surface area contributed by atoms with Gasteiger partial charge in [0.05, 0.1) is 11.1 Å². The van der Waals surface area contributed by atoms with Crippen molar-refractivity contribution in [3.8, 4) is 0 Å². The summed E-state index contributed by atoms with van der Waals surface area (Å²) in [5.41, 5.74) is 6.28. The largest absolute Gasteiger partial charge is 0.419 e. The maximum Gasteiger partial charge on any atom is 0.419 e. The summed E-state index contributed by atoms with van der Waals surface area (Å²) in [4.78, 5) is 35.1. The van der Waals surface area contributed by atoms with Crippen LogP contribution in [0.4, 0.5) is 19.1 Å². The number of halogens is 3. The summed E-state index contributed by atoms with van der Waals surface area (Å²) in [7, 11) is 0. The fourth-order valence-electron chi connectivity index (χ4n) is 3.94. The molecule has 1 aliphatic rings. The molecule has 10 nitrogen and oxygen atoms in total. The lowest BCUT2D eigenvalue weighted by Crippen LogP contribution is -2.49. The molecule has 186 valence electrons. The minimum atomic E-state index is -4.47. The Kier molecular flexibility index (Phi) is 7.12. The molecule has 0 bridgehead atoms. The molecular formula is C22H25F3N8O2. The van der Waals surface area contributed by atoms with Crippen LogP contribution >= 0.6 is 0 Å². The van der Waals surface area contributed by atoms with Crippen molar-refractivity contribution in [2.24, 2.45) is 5.73 Å². The van der Waals surface area contributed by atoms with Gasteiger partial charge in [0.25, 0.3) is 0 Å². The average molecular weight is 490 g/mol. The number of unbranched alkanes of at least 4 members (excludes halogenated alkanes) is 2. The van der Waals surface area contributed by atoms with E-state index in [-0.39, 0.29) is 11.9 Å². The van der Waals surface area contributed by atoms with Gasteiger partial charge in [-0.15, -0.1) is 5.10 Å². The number of piperazine rings is 1. The van der Waals surface area contributed by atoms with Crippen molar-refractivity contribution >= 4 is 28.8 Å². The number of benzene rings is 1. The van der Waals surface area contributed by atoms with Gasteiger partial charge in [0, 0.05) is 57.1 Å². The Morgan fingerprint density at radius 1 is 1.00 bits per heavy atom. The van der Waals surface area contributed by atoms with E-state index in [1.165, 1.54) is 0 Å². The average Bonchev–Trinajstić information content (AvgIpc) is 3.25. The lowest BCUT2D eigenvalue weighted by molar-refractivity contribution is -0.138. The normalized spacial score (nSPS) is 14.5. The lowest BCUT2D eigenvalue weighted by Gasteiger charge is -2.34. The van der Waals surface area contributed by atoms with Gasteiger partial charge in [0.15, 0.2) is 0 Å². The first-order valence-corrected chi connectivity index (χ1v) is 11.3. The number of primary amides is 1. The van der Waals surface area contributed by atoms with E-state index in [1.54, 1.807) is 32.7 Å². The molecule has 1 fully saturated rings. The number of hydrogen-bond acceptors (Lipinski definition) is 7. The highest BCUT2D eigenvalue weighted by atomic mass is 19.4. The predicted octanol–water partition coefficient (Wildman–Crippen LogP) is 2.25. The Balaban J connectivity index is 1.18. The number of hydrogen-bond donors (Lipinski definition) is 1. The molecule has 0 unspecified atom stereocenters. The highest BCUT2D eigenvalue weighted by molar-refractivity contribution is 5.96. The number of nitrogens with two attached hydrogens (primary N) is 1. The Bertz CT molecular complexity index is 1190. The van der Waals surface area contributed by atoms with Crippen molar-refractivity contribution in [3.05, 3.63) is 41.7 Å². The summed E-state index contributed by atoms with van der Waals surface area (Å²) >= 11 is 0. The van der Waals surface area contributed by atoms with E-state index < -0.39 is 17.6 Å². The molecule has 0 radical (unpaired) electrons. The molecule has 1 aliphatic heterocycles. The molecular weight excluding hydrogens is 465 g/mol. The first-order valence-electron chi connectivity index (χ1n) is 11.3. The number of rotatable bonds is 8. The standard InChI is InChI=1S/C22H25F3N8O2/c23-22(24,25)16-13-27-21(28-14-16)32-10-8-31(9-11-32)19(34)4-2-1-3-7-33-18-12-15(20(26)35)5-6-17(18)29-30-33/h5-6,12-14H,1-4,7-11H2,(H2,26,35). The topological polar surface area (TPSA) is 123 Å². The van der Waals surface area contributed by atoms with E-state index in [2.05, 4.69) is 20.3 Å². The number of amides is 2. The number of carbonyl (C=O) groups excluding carboxylic acids is 2. The molecule has 0 saturated carbocycles. The van der Waals surface area contributed by atoms with Gasteiger partial charge in [-0.25, -0.2) is 14.6 Å². The fraction of sp³-hybridized carbons (Fsp3) is 0.455. The second-order valence-corrected chi connectivity index (χ2v) is 8.33.